The van der Waals surface area contributed by atoms with Crippen LogP contribution in [-0.2, 0) is 16.1 Å². The fraction of sp³-hybridized carbons (Fsp3) is 0.333. The molecule has 1 rings (SSSR count). The van der Waals surface area contributed by atoms with E-state index in [0.29, 0.717) is 14.2 Å². The molecule has 0 aromatic carbocycles. The average Bonchev–Trinajstić information content (AvgIpc) is 2.43. The molecule has 4 nitrogen and oxygen atoms in total. The second-order valence-electron chi connectivity index (χ2n) is 3.12. The van der Waals surface area contributed by atoms with Gasteiger partial charge in [-0.05, 0) is 6.07 Å². The van der Waals surface area contributed by atoms with Crippen LogP contribution < -0.4 is 0 Å². The number of amides is 1. The number of carboxylic acids is 1. The van der Waals surface area contributed by atoms with Gasteiger partial charge in [-0.15, -0.1) is 11.3 Å². The first-order chi connectivity index (χ1) is 7.40. The van der Waals surface area contributed by atoms with E-state index in [1.807, 2.05) is 0 Å². The Morgan fingerprint density at radius 1 is 1.50 bits per heavy atom. The van der Waals surface area contributed by atoms with Crippen LogP contribution in [0.4, 0.5) is 0 Å². The molecule has 0 spiro atoms. The Morgan fingerprint density at radius 3 is 2.50 bits per heavy atom. The van der Waals surface area contributed by atoms with Crippen molar-refractivity contribution in [3.63, 3.8) is 0 Å². The van der Waals surface area contributed by atoms with Crippen LogP contribution in [0.25, 0.3) is 0 Å². The van der Waals surface area contributed by atoms with E-state index >= 15 is 0 Å². The van der Waals surface area contributed by atoms with E-state index in [2.05, 4.69) is 0 Å². The first-order valence-electron chi connectivity index (χ1n) is 4.31. The quantitative estimate of drug-likeness (QED) is 0.923. The molecule has 1 heterocycles. The molecule has 1 amide bonds. The van der Waals surface area contributed by atoms with Gasteiger partial charge < -0.3 is 10.0 Å². The normalized spacial score (nSPS) is 10.2. The third kappa shape index (κ3) is 3.66. The fourth-order valence-electron chi connectivity index (χ4n) is 1.13. The number of hydrogen-bond acceptors (Lipinski definition) is 3. The summed E-state index contributed by atoms with van der Waals surface area (Å²) in [6, 6.07) is 1.63. The van der Waals surface area contributed by atoms with Gasteiger partial charge in [0.05, 0.1) is 8.67 Å². The highest BCUT2D eigenvalue weighted by molar-refractivity contribution is 7.20. The van der Waals surface area contributed by atoms with Crippen molar-refractivity contribution in [2.45, 2.75) is 13.5 Å². The summed E-state index contributed by atoms with van der Waals surface area (Å²) in [5.74, 6) is -1.38. The van der Waals surface area contributed by atoms with Gasteiger partial charge in [-0.25, -0.2) is 0 Å². The van der Waals surface area contributed by atoms with Crippen LogP contribution in [-0.4, -0.2) is 28.4 Å². The van der Waals surface area contributed by atoms with Gasteiger partial charge in [-0.2, -0.15) is 0 Å². The second-order valence-corrected chi connectivity index (χ2v) is 5.40. The molecule has 7 heteroatoms. The predicted octanol–water partition coefficient (Wildman–Crippen LogP) is 2.49. The molecule has 0 bridgehead atoms. The Bertz CT molecular complexity index is 419. The lowest BCUT2D eigenvalue weighted by atomic mass is 10.3. The number of halogens is 2. The Labute approximate surface area is 106 Å². The predicted molar refractivity (Wildman–Crippen MR) is 63.1 cm³/mol. The third-order valence-corrected chi connectivity index (χ3v) is 3.43. The number of nitrogens with zero attached hydrogens (tertiary/aromatic N) is 1. The SMILES string of the molecule is CC(=O)N(CC(=O)O)Cc1cc(Cl)sc1Cl. The summed E-state index contributed by atoms with van der Waals surface area (Å²) in [4.78, 5) is 22.9. The molecule has 88 valence electrons. The largest absolute Gasteiger partial charge is 0.480 e. The van der Waals surface area contributed by atoms with Crippen molar-refractivity contribution in [1.82, 2.24) is 4.90 Å². The van der Waals surface area contributed by atoms with Crippen molar-refractivity contribution >= 4 is 46.4 Å². The van der Waals surface area contributed by atoms with E-state index in [1.54, 1.807) is 6.07 Å². The first-order valence-corrected chi connectivity index (χ1v) is 5.88. The number of carboxylic acid groups (broad SMARTS) is 1. The number of hydrogen-bond donors (Lipinski definition) is 1. The summed E-state index contributed by atoms with van der Waals surface area (Å²) in [5, 5.41) is 8.63. The van der Waals surface area contributed by atoms with Crippen molar-refractivity contribution in [3.8, 4) is 0 Å². The van der Waals surface area contributed by atoms with Gasteiger partial charge in [-0.3, -0.25) is 9.59 Å². The van der Waals surface area contributed by atoms with Gasteiger partial charge in [0.1, 0.15) is 6.54 Å². The van der Waals surface area contributed by atoms with Gasteiger partial charge in [0.2, 0.25) is 5.91 Å². The molecule has 0 radical (unpaired) electrons. The molecule has 1 aromatic heterocycles. The summed E-state index contributed by atoms with van der Waals surface area (Å²) in [6.45, 7) is 1.12. The van der Waals surface area contributed by atoms with Gasteiger partial charge in [0, 0.05) is 19.0 Å². The lowest BCUT2D eigenvalue weighted by molar-refractivity contribution is -0.144. The van der Waals surface area contributed by atoms with E-state index in [9.17, 15) is 9.59 Å². The van der Waals surface area contributed by atoms with E-state index in [-0.39, 0.29) is 19.0 Å². The lowest BCUT2D eigenvalue weighted by Gasteiger charge is -2.18. The van der Waals surface area contributed by atoms with Crippen LogP contribution >= 0.6 is 34.5 Å². The standard InChI is InChI=1S/C9H9Cl2NO3S/c1-5(13)12(4-8(14)15)3-6-2-7(10)16-9(6)11/h2H,3-4H2,1H3,(H,14,15). The van der Waals surface area contributed by atoms with Gasteiger partial charge in [0.15, 0.2) is 0 Å². The molecule has 16 heavy (non-hydrogen) atoms. The average molecular weight is 282 g/mol. The molecule has 1 aromatic rings. The van der Waals surface area contributed by atoms with Gasteiger partial charge >= 0.3 is 5.97 Å². The number of rotatable bonds is 4. The van der Waals surface area contributed by atoms with E-state index in [4.69, 9.17) is 28.3 Å². The molecule has 0 aliphatic carbocycles. The van der Waals surface area contributed by atoms with Crippen molar-refractivity contribution in [2.24, 2.45) is 0 Å². The Kier molecular flexibility index (Phi) is 4.58. The maximum absolute atomic E-state index is 11.2. The maximum atomic E-state index is 11.2. The van der Waals surface area contributed by atoms with Crippen molar-refractivity contribution in [1.29, 1.82) is 0 Å². The monoisotopic (exact) mass is 281 g/mol. The van der Waals surface area contributed by atoms with Crippen molar-refractivity contribution in [2.75, 3.05) is 6.54 Å². The van der Waals surface area contributed by atoms with Crippen molar-refractivity contribution in [3.05, 3.63) is 20.3 Å². The van der Waals surface area contributed by atoms with Gasteiger partial charge in [-0.1, -0.05) is 23.2 Å². The molecule has 0 unspecified atom stereocenters. The van der Waals surface area contributed by atoms with Crippen LogP contribution in [0, 0.1) is 0 Å². The Morgan fingerprint density at radius 2 is 2.12 bits per heavy atom. The minimum atomic E-state index is -1.06. The zero-order valence-corrected chi connectivity index (χ0v) is 10.7. The van der Waals surface area contributed by atoms with Crippen LogP contribution in [0.5, 0.6) is 0 Å². The molecule has 0 aliphatic heterocycles. The van der Waals surface area contributed by atoms with Crippen LogP contribution in [0.15, 0.2) is 6.07 Å². The molecule has 0 saturated carbocycles. The van der Waals surface area contributed by atoms with Crippen LogP contribution in [0.1, 0.15) is 12.5 Å². The fourth-order valence-corrected chi connectivity index (χ4v) is 2.60. The molecule has 0 aliphatic rings. The molecule has 0 fully saturated rings. The summed E-state index contributed by atoms with van der Waals surface area (Å²) in [6.07, 6.45) is 0. The number of carbonyl (C=O) groups is 2. The smallest absolute Gasteiger partial charge is 0.323 e. The molecule has 0 atom stereocenters. The highest BCUT2D eigenvalue weighted by Gasteiger charge is 2.16. The summed E-state index contributed by atoms with van der Waals surface area (Å²) < 4.78 is 0.987. The maximum Gasteiger partial charge on any atom is 0.323 e. The van der Waals surface area contributed by atoms with Crippen LogP contribution in [0.3, 0.4) is 0 Å². The first kappa shape index (κ1) is 13.3. The number of carbonyl (C=O) groups excluding carboxylic acids is 1. The molecular formula is C9H9Cl2NO3S. The third-order valence-electron chi connectivity index (χ3n) is 1.86. The Hall–Kier alpha value is -0.780. The number of thiophene rings is 1. The Balaban J connectivity index is 2.79. The molecular weight excluding hydrogens is 273 g/mol. The van der Waals surface area contributed by atoms with E-state index in [1.165, 1.54) is 23.2 Å². The summed E-state index contributed by atoms with van der Waals surface area (Å²) in [5.41, 5.74) is 0.660. The zero-order chi connectivity index (χ0) is 12.3. The zero-order valence-electron chi connectivity index (χ0n) is 8.37. The molecule has 1 N–H and O–H groups in total. The van der Waals surface area contributed by atoms with Crippen LogP contribution in [0.2, 0.25) is 8.67 Å². The second kappa shape index (κ2) is 5.52. The highest BCUT2D eigenvalue weighted by Crippen LogP contribution is 2.31. The number of aliphatic carboxylic acids is 1. The molecule has 0 saturated heterocycles. The summed E-state index contributed by atoms with van der Waals surface area (Å²) >= 11 is 12.8. The minimum Gasteiger partial charge on any atom is -0.480 e. The van der Waals surface area contributed by atoms with Gasteiger partial charge in [0.25, 0.3) is 0 Å². The lowest BCUT2D eigenvalue weighted by Crippen LogP contribution is -2.33. The van der Waals surface area contributed by atoms with E-state index in [0.717, 1.165) is 0 Å². The van der Waals surface area contributed by atoms with Crippen molar-refractivity contribution < 1.29 is 14.7 Å². The van der Waals surface area contributed by atoms with E-state index < -0.39 is 5.97 Å². The topological polar surface area (TPSA) is 57.6 Å². The minimum absolute atomic E-state index is 0.156. The summed E-state index contributed by atoms with van der Waals surface area (Å²) in [7, 11) is 0. The highest BCUT2D eigenvalue weighted by atomic mass is 35.5.